The molecule has 2 aromatic carbocycles. The Morgan fingerprint density at radius 1 is 1.12 bits per heavy atom. The van der Waals surface area contributed by atoms with Crippen molar-refractivity contribution in [2.24, 2.45) is 5.92 Å². The number of hydrogen-bond acceptors (Lipinski definition) is 7. The largest absolute Gasteiger partial charge is 0.372 e. The SMILES string of the molecule is CCN(CC)c1ccc(NC(=O)C(NS(=O)(=O)c2cccc3nsnc23)C(C)C)c(C)c1. The number of hydrogen-bond donors (Lipinski definition) is 2. The molecule has 1 amide bonds. The van der Waals surface area contributed by atoms with Gasteiger partial charge in [-0.05, 0) is 62.6 Å². The van der Waals surface area contributed by atoms with Crippen molar-refractivity contribution < 1.29 is 13.2 Å². The summed E-state index contributed by atoms with van der Waals surface area (Å²) in [6, 6.07) is 9.67. The lowest BCUT2D eigenvalue weighted by atomic mass is 10.0. The van der Waals surface area contributed by atoms with Crippen LogP contribution < -0.4 is 14.9 Å². The van der Waals surface area contributed by atoms with E-state index in [1.165, 1.54) is 6.07 Å². The highest BCUT2D eigenvalue weighted by Crippen LogP contribution is 2.25. The van der Waals surface area contributed by atoms with Gasteiger partial charge in [0, 0.05) is 24.5 Å². The van der Waals surface area contributed by atoms with Gasteiger partial charge in [-0.15, -0.1) is 0 Å². The monoisotopic (exact) mass is 475 g/mol. The molecule has 2 N–H and O–H groups in total. The van der Waals surface area contributed by atoms with Gasteiger partial charge in [0.15, 0.2) is 0 Å². The number of benzene rings is 2. The second kappa shape index (κ2) is 9.93. The zero-order valence-corrected chi connectivity index (χ0v) is 20.5. The van der Waals surface area contributed by atoms with Crippen LogP contribution in [0.1, 0.15) is 33.3 Å². The van der Waals surface area contributed by atoms with Gasteiger partial charge in [0.05, 0.1) is 11.7 Å². The molecular weight excluding hydrogens is 446 g/mol. The van der Waals surface area contributed by atoms with Crippen molar-refractivity contribution in [2.75, 3.05) is 23.3 Å². The Kier molecular flexibility index (Phi) is 7.47. The Balaban J connectivity index is 1.83. The van der Waals surface area contributed by atoms with E-state index in [1.807, 2.05) is 25.1 Å². The highest BCUT2D eigenvalue weighted by atomic mass is 32.2. The average molecular weight is 476 g/mol. The molecule has 1 heterocycles. The van der Waals surface area contributed by atoms with E-state index in [9.17, 15) is 13.2 Å². The molecule has 0 aliphatic carbocycles. The van der Waals surface area contributed by atoms with Crippen molar-refractivity contribution in [3.8, 4) is 0 Å². The third-order valence-electron chi connectivity index (χ3n) is 5.37. The zero-order chi connectivity index (χ0) is 23.5. The fourth-order valence-corrected chi connectivity index (χ4v) is 5.62. The molecule has 1 unspecified atom stereocenters. The number of fused-ring (bicyclic) bond motifs is 1. The summed E-state index contributed by atoms with van der Waals surface area (Å²) >= 11 is 0.949. The minimum atomic E-state index is -3.99. The minimum absolute atomic E-state index is 0.0157. The lowest BCUT2D eigenvalue weighted by Gasteiger charge is -2.24. The Bertz CT molecular complexity index is 1200. The van der Waals surface area contributed by atoms with Crippen LogP contribution in [-0.2, 0) is 14.8 Å². The van der Waals surface area contributed by atoms with E-state index in [2.05, 4.69) is 37.5 Å². The van der Waals surface area contributed by atoms with Gasteiger partial charge in [0.25, 0.3) is 0 Å². The van der Waals surface area contributed by atoms with E-state index < -0.39 is 22.0 Å². The van der Waals surface area contributed by atoms with Crippen molar-refractivity contribution >= 4 is 50.1 Å². The number of aryl methyl sites for hydroxylation is 1. The fraction of sp³-hybridized carbons (Fsp3) is 0.409. The molecule has 8 nitrogen and oxygen atoms in total. The summed E-state index contributed by atoms with van der Waals surface area (Å²) in [5.41, 5.74) is 3.45. The van der Waals surface area contributed by atoms with Gasteiger partial charge in [0.1, 0.15) is 22.0 Å². The summed E-state index contributed by atoms with van der Waals surface area (Å²) in [4.78, 5) is 15.3. The molecule has 0 saturated carbocycles. The maximum Gasteiger partial charge on any atom is 0.243 e. The standard InChI is InChI=1S/C22H29N5O3S2/c1-6-27(7-2)16-11-12-17(15(5)13-16)23-22(28)20(14(3)4)26-32(29,30)19-10-8-9-18-21(19)25-31-24-18/h8-14,20,26H,6-7H2,1-5H3,(H,23,28). The van der Waals surface area contributed by atoms with E-state index in [0.29, 0.717) is 16.7 Å². The van der Waals surface area contributed by atoms with Gasteiger partial charge >= 0.3 is 0 Å². The predicted molar refractivity (Wildman–Crippen MR) is 130 cm³/mol. The van der Waals surface area contributed by atoms with Gasteiger partial charge in [0.2, 0.25) is 15.9 Å². The molecule has 3 aromatic rings. The summed E-state index contributed by atoms with van der Waals surface area (Å²) in [7, 11) is -3.99. The Morgan fingerprint density at radius 2 is 1.84 bits per heavy atom. The number of anilines is 2. The highest BCUT2D eigenvalue weighted by Gasteiger charge is 2.30. The van der Waals surface area contributed by atoms with Crippen LogP contribution in [-0.4, -0.2) is 42.2 Å². The van der Waals surface area contributed by atoms with Crippen LogP contribution in [0.25, 0.3) is 11.0 Å². The number of nitrogens with one attached hydrogen (secondary N) is 2. The van der Waals surface area contributed by atoms with Crippen LogP contribution in [0.3, 0.4) is 0 Å². The first-order valence-electron chi connectivity index (χ1n) is 10.6. The van der Waals surface area contributed by atoms with Crippen LogP contribution in [0.15, 0.2) is 41.3 Å². The number of aromatic nitrogens is 2. The van der Waals surface area contributed by atoms with E-state index >= 15 is 0 Å². The fourth-order valence-electron chi connectivity index (χ4n) is 3.51. The van der Waals surface area contributed by atoms with Crippen molar-refractivity contribution in [1.82, 2.24) is 13.5 Å². The molecule has 0 radical (unpaired) electrons. The molecule has 10 heteroatoms. The number of carbonyl (C=O) groups is 1. The van der Waals surface area contributed by atoms with Crippen LogP contribution in [0.4, 0.5) is 11.4 Å². The molecule has 0 fully saturated rings. The Morgan fingerprint density at radius 3 is 2.47 bits per heavy atom. The highest BCUT2D eigenvalue weighted by molar-refractivity contribution is 7.89. The summed E-state index contributed by atoms with van der Waals surface area (Å²) in [6.07, 6.45) is 0. The Labute approximate surface area is 193 Å². The van der Waals surface area contributed by atoms with Crippen LogP contribution in [0, 0.1) is 12.8 Å². The van der Waals surface area contributed by atoms with Gasteiger partial charge < -0.3 is 10.2 Å². The van der Waals surface area contributed by atoms with Crippen LogP contribution >= 0.6 is 11.7 Å². The summed E-state index contributed by atoms with van der Waals surface area (Å²) in [6.45, 7) is 11.5. The van der Waals surface area contributed by atoms with Crippen LogP contribution in [0.5, 0.6) is 0 Å². The lowest BCUT2D eigenvalue weighted by Crippen LogP contribution is -2.47. The molecule has 1 atom stereocenters. The zero-order valence-electron chi connectivity index (χ0n) is 18.9. The van der Waals surface area contributed by atoms with E-state index in [0.717, 1.165) is 36.1 Å². The van der Waals surface area contributed by atoms with Crippen molar-refractivity contribution in [1.29, 1.82) is 0 Å². The first-order valence-corrected chi connectivity index (χ1v) is 12.8. The molecule has 32 heavy (non-hydrogen) atoms. The smallest absolute Gasteiger partial charge is 0.243 e. The summed E-state index contributed by atoms with van der Waals surface area (Å²) in [5, 5.41) is 2.89. The Hall–Kier alpha value is -2.56. The normalized spacial score (nSPS) is 12.8. The van der Waals surface area contributed by atoms with Gasteiger partial charge in [-0.2, -0.15) is 13.5 Å². The lowest BCUT2D eigenvalue weighted by molar-refractivity contribution is -0.118. The molecule has 172 valence electrons. The molecule has 0 bridgehead atoms. The van der Waals surface area contributed by atoms with Crippen molar-refractivity contribution in [2.45, 2.75) is 45.6 Å². The maximum atomic E-state index is 13.1. The molecule has 0 aliphatic heterocycles. The first-order chi connectivity index (χ1) is 15.2. The number of carbonyl (C=O) groups excluding carboxylic acids is 1. The number of rotatable bonds is 9. The molecular formula is C22H29N5O3S2. The van der Waals surface area contributed by atoms with E-state index in [1.54, 1.807) is 26.0 Å². The molecule has 1 aromatic heterocycles. The van der Waals surface area contributed by atoms with Crippen LogP contribution in [0.2, 0.25) is 0 Å². The third kappa shape index (κ3) is 5.08. The summed E-state index contributed by atoms with van der Waals surface area (Å²) in [5.74, 6) is -0.682. The van der Waals surface area contributed by atoms with Gasteiger partial charge in [-0.1, -0.05) is 19.9 Å². The quantitative estimate of drug-likeness (QED) is 0.488. The second-order valence-corrected chi connectivity index (χ2v) is 10.1. The van der Waals surface area contributed by atoms with E-state index in [4.69, 9.17) is 0 Å². The topological polar surface area (TPSA) is 104 Å². The number of amides is 1. The average Bonchev–Trinajstić information content (AvgIpc) is 3.23. The first kappa shape index (κ1) is 24.1. The molecule has 0 aliphatic rings. The van der Waals surface area contributed by atoms with Crippen molar-refractivity contribution in [3.63, 3.8) is 0 Å². The predicted octanol–water partition coefficient (Wildman–Crippen LogP) is 3.79. The number of sulfonamides is 1. The molecule has 0 saturated heterocycles. The van der Waals surface area contributed by atoms with Gasteiger partial charge in [-0.25, -0.2) is 8.42 Å². The molecule has 0 spiro atoms. The molecule has 3 rings (SSSR count). The maximum absolute atomic E-state index is 13.1. The van der Waals surface area contributed by atoms with Crippen molar-refractivity contribution in [3.05, 3.63) is 42.0 Å². The summed E-state index contributed by atoms with van der Waals surface area (Å²) < 4.78 is 37.0. The van der Waals surface area contributed by atoms with E-state index in [-0.39, 0.29) is 10.8 Å². The minimum Gasteiger partial charge on any atom is -0.372 e. The number of nitrogens with zero attached hydrogens (tertiary/aromatic N) is 3. The van der Waals surface area contributed by atoms with Gasteiger partial charge in [-0.3, -0.25) is 4.79 Å². The third-order valence-corrected chi connectivity index (χ3v) is 7.38. The second-order valence-electron chi connectivity index (χ2n) is 7.89.